The molecule has 2 heteroatoms. The number of rotatable bonds is 7. The minimum absolute atomic E-state index is 0.224. The molecule has 0 radical (unpaired) electrons. The molecule has 4 saturated carbocycles. The van der Waals surface area contributed by atoms with Crippen LogP contribution in [-0.4, -0.2) is 23.9 Å². The maximum atomic E-state index is 10.7. The molecule has 4 rings (SSSR count). The number of hydrogen-bond acceptors (Lipinski definition) is 2. The summed E-state index contributed by atoms with van der Waals surface area (Å²) in [5, 5.41) is 10.7. The third kappa shape index (κ3) is 3.80. The van der Waals surface area contributed by atoms with E-state index >= 15 is 0 Å². The maximum Gasteiger partial charge on any atom is 0.0850 e. The van der Waals surface area contributed by atoms with Crippen molar-refractivity contribution in [3.8, 4) is 0 Å². The van der Waals surface area contributed by atoms with Gasteiger partial charge in [-0.1, -0.05) is 63.6 Å². The molecule has 0 aromatic heterocycles. The Kier molecular flexibility index (Phi) is 6.14. The molecule has 4 unspecified atom stereocenters. The monoisotopic (exact) mass is 426 g/mol. The number of ether oxygens (including phenoxy) is 1. The van der Waals surface area contributed by atoms with E-state index in [1.165, 1.54) is 56.9 Å². The standard InChI is InChI=1S/C29H46O2/c1-19(2)28(6,30)16-14-20(3)24-12-13-25-22(9-8-15-27(24,25)5)17-26(31-7)29-18-23(29)11-10-21(29)4/h14,16-17,19-20,23-26,30H,4,8-13,15,18H2,1-3,5-7H3/b16-14+,22-17+/t20-,23?,24-,25+,26?,27-,28?,29?/m1/s1. The van der Waals surface area contributed by atoms with E-state index in [9.17, 15) is 5.11 Å². The second-order valence-electron chi connectivity index (χ2n) is 12.2. The third-order valence-corrected chi connectivity index (χ3v) is 10.3. The van der Waals surface area contributed by atoms with Crippen molar-refractivity contribution in [2.24, 2.45) is 40.4 Å². The van der Waals surface area contributed by atoms with E-state index in [1.54, 1.807) is 5.57 Å². The van der Waals surface area contributed by atoms with Gasteiger partial charge >= 0.3 is 0 Å². The molecule has 8 atom stereocenters. The van der Waals surface area contributed by atoms with E-state index in [0.29, 0.717) is 23.2 Å². The summed E-state index contributed by atoms with van der Waals surface area (Å²) >= 11 is 0. The smallest absolute Gasteiger partial charge is 0.0850 e. The highest BCUT2D eigenvalue weighted by molar-refractivity contribution is 5.35. The first-order valence-corrected chi connectivity index (χ1v) is 12.9. The molecule has 4 aliphatic rings. The van der Waals surface area contributed by atoms with Crippen molar-refractivity contribution in [1.29, 1.82) is 0 Å². The predicted molar refractivity (Wildman–Crippen MR) is 130 cm³/mol. The third-order valence-electron chi connectivity index (χ3n) is 10.3. The van der Waals surface area contributed by atoms with Gasteiger partial charge in [0.05, 0.1) is 11.7 Å². The Bertz CT molecular complexity index is 759. The quantitative estimate of drug-likeness (QED) is 0.440. The summed E-state index contributed by atoms with van der Waals surface area (Å²) < 4.78 is 6.13. The number of hydrogen-bond donors (Lipinski definition) is 1. The molecule has 174 valence electrons. The van der Waals surface area contributed by atoms with Crippen molar-refractivity contribution in [2.75, 3.05) is 7.11 Å². The summed E-state index contributed by atoms with van der Waals surface area (Å²) in [5.74, 6) is 2.92. The largest absolute Gasteiger partial charge is 0.386 e. The fraction of sp³-hybridized carbons (Fsp3) is 0.793. The van der Waals surface area contributed by atoms with Gasteiger partial charge in [0, 0.05) is 12.5 Å². The van der Waals surface area contributed by atoms with Crippen LogP contribution in [0.1, 0.15) is 86.0 Å². The lowest BCUT2D eigenvalue weighted by atomic mass is 9.61. The molecule has 1 N–H and O–H groups in total. The summed E-state index contributed by atoms with van der Waals surface area (Å²) in [6, 6.07) is 0. The van der Waals surface area contributed by atoms with Crippen LogP contribution in [0.5, 0.6) is 0 Å². The molecule has 0 aliphatic heterocycles. The van der Waals surface area contributed by atoms with E-state index in [0.717, 1.165) is 5.92 Å². The van der Waals surface area contributed by atoms with Crippen molar-refractivity contribution in [3.63, 3.8) is 0 Å². The van der Waals surface area contributed by atoms with Crippen molar-refractivity contribution in [3.05, 3.63) is 36.0 Å². The highest BCUT2D eigenvalue weighted by Crippen LogP contribution is 2.69. The average molecular weight is 427 g/mol. The van der Waals surface area contributed by atoms with Crippen LogP contribution in [0.2, 0.25) is 0 Å². The maximum absolute atomic E-state index is 10.7. The molecule has 0 bridgehead atoms. The van der Waals surface area contributed by atoms with E-state index < -0.39 is 5.60 Å². The lowest BCUT2D eigenvalue weighted by molar-refractivity contribution is 0.0605. The van der Waals surface area contributed by atoms with Crippen LogP contribution in [0.4, 0.5) is 0 Å². The van der Waals surface area contributed by atoms with Crippen LogP contribution in [0, 0.1) is 40.4 Å². The van der Waals surface area contributed by atoms with Gasteiger partial charge in [-0.2, -0.15) is 0 Å². The Morgan fingerprint density at radius 1 is 1.19 bits per heavy atom. The summed E-state index contributed by atoms with van der Waals surface area (Å²) in [6.45, 7) is 15.5. The Morgan fingerprint density at radius 3 is 2.52 bits per heavy atom. The van der Waals surface area contributed by atoms with Crippen molar-refractivity contribution < 1.29 is 9.84 Å². The van der Waals surface area contributed by atoms with Gasteiger partial charge in [0.1, 0.15) is 0 Å². The molecule has 31 heavy (non-hydrogen) atoms. The van der Waals surface area contributed by atoms with Gasteiger partial charge in [0.2, 0.25) is 0 Å². The Morgan fingerprint density at radius 2 is 1.94 bits per heavy atom. The van der Waals surface area contributed by atoms with E-state index in [-0.39, 0.29) is 17.4 Å². The molecule has 0 saturated heterocycles. The number of methoxy groups -OCH3 is 1. The van der Waals surface area contributed by atoms with Gasteiger partial charge in [-0.3, -0.25) is 0 Å². The normalized spacial score (nSPS) is 42.6. The first-order valence-electron chi connectivity index (χ1n) is 12.9. The summed E-state index contributed by atoms with van der Waals surface area (Å²) in [6.07, 6.45) is 17.4. The van der Waals surface area contributed by atoms with Crippen LogP contribution in [0.25, 0.3) is 0 Å². The van der Waals surface area contributed by atoms with Crippen molar-refractivity contribution in [2.45, 2.75) is 97.7 Å². The van der Waals surface area contributed by atoms with Gasteiger partial charge in [0.25, 0.3) is 0 Å². The highest BCUT2D eigenvalue weighted by atomic mass is 16.5. The molecular formula is C29H46O2. The lowest BCUT2D eigenvalue weighted by Gasteiger charge is -2.44. The molecule has 0 amide bonds. The van der Waals surface area contributed by atoms with Crippen molar-refractivity contribution in [1.82, 2.24) is 0 Å². The predicted octanol–water partition coefficient (Wildman–Crippen LogP) is 7.10. The minimum atomic E-state index is -0.722. The first kappa shape index (κ1) is 23.3. The fourth-order valence-corrected chi connectivity index (χ4v) is 7.71. The Hall–Kier alpha value is -0.860. The van der Waals surface area contributed by atoms with Crippen LogP contribution >= 0.6 is 0 Å². The molecule has 4 fully saturated rings. The Balaban J connectivity index is 1.53. The molecular weight excluding hydrogens is 380 g/mol. The van der Waals surface area contributed by atoms with Crippen molar-refractivity contribution >= 4 is 0 Å². The highest BCUT2D eigenvalue weighted by Gasteiger charge is 2.63. The number of allylic oxidation sites excluding steroid dienone is 2. The van der Waals surface area contributed by atoms with Crippen LogP contribution in [0.15, 0.2) is 36.0 Å². The van der Waals surface area contributed by atoms with Gasteiger partial charge in [0.15, 0.2) is 0 Å². The lowest BCUT2D eigenvalue weighted by Crippen LogP contribution is -2.36. The molecule has 0 aromatic carbocycles. The zero-order chi connectivity index (χ0) is 22.6. The number of aliphatic hydroxyl groups is 1. The summed E-state index contributed by atoms with van der Waals surface area (Å²) in [5.41, 5.74) is 3.02. The topological polar surface area (TPSA) is 29.5 Å². The van der Waals surface area contributed by atoms with Gasteiger partial charge < -0.3 is 9.84 Å². The van der Waals surface area contributed by atoms with E-state index in [4.69, 9.17) is 4.74 Å². The molecule has 0 heterocycles. The second kappa shape index (κ2) is 8.17. The number of fused-ring (bicyclic) bond motifs is 2. The van der Waals surface area contributed by atoms with Gasteiger partial charge in [-0.25, -0.2) is 0 Å². The minimum Gasteiger partial charge on any atom is -0.386 e. The molecule has 4 aliphatic carbocycles. The second-order valence-corrected chi connectivity index (χ2v) is 12.2. The SMILES string of the molecule is C=C1CCC2CC12C(/C=C1\CCC[C@]2(C)[C@@H]([C@H](C)/C=C/C(C)(O)C(C)C)CC[C@@H]12)OC. The summed E-state index contributed by atoms with van der Waals surface area (Å²) in [4.78, 5) is 0. The van der Waals surface area contributed by atoms with Gasteiger partial charge in [-0.15, -0.1) is 0 Å². The van der Waals surface area contributed by atoms with Crippen LogP contribution in [0.3, 0.4) is 0 Å². The van der Waals surface area contributed by atoms with E-state index in [1.807, 2.05) is 14.0 Å². The zero-order valence-corrected chi connectivity index (χ0v) is 20.9. The van der Waals surface area contributed by atoms with Gasteiger partial charge in [-0.05, 0) is 93.3 Å². The summed E-state index contributed by atoms with van der Waals surface area (Å²) in [7, 11) is 1.91. The zero-order valence-electron chi connectivity index (χ0n) is 20.9. The average Bonchev–Trinajstić information content (AvgIpc) is 3.22. The van der Waals surface area contributed by atoms with Crippen LogP contribution < -0.4 is 0 Å². The Labute approximate surface area is 191 Å². The van der Waals surface area contributed by atoms with E-state index in [2.05, 4.69) is 52.5 Å². The first-order chi connectivity index (χ1) is 14.6. The fourth-order valence-electron chi connectivity index (χ4n) is 7.71. The molecule has 2 nitrogen and oxygen atoms in total. The van der Waals surface area contributed by atoms with Crippen LogP contribution in [-0.2, 0) is 4.74 Å². The molecule has 0 spiro atoms. The molecule has 0 aromatic rings.